The number of anilines is 1. The number of rotatable bonds is 4. The summed E-state index contributed by atoms with van der Waals surface area (Å²) in [5, 5.41) is 6.43. The summed E-state index contributed by atoms with van der Waals surface area (Å²) >= 11 is 11.9. The Hall–Kier alpha value is -2.57. The van der Waals surface area contributed by atoms with Gasteiger partial charge in [0.05, 0.1) is 5.52 Å². The fourth-order valence-electron chi connectivity index (χ4n) is 2.66. The van der Waals surface area contributed by atoms with Crippen molar-refractivity contribution in [3.05, 3.63) is 64.2 Å². The number of nitrogens with zero attached hydrogens (tertiary/aromatic N) is 2. The third kappa shape index (κ3) is 3.38. The lowest BCUT2D eigenvalue weighted by molar-refractivity contribution is 0.0948. The molecule has 1 aliphatic carbocycles. The molecule has 1 saturated carbocycles. The molecule has 3 aromatic rings. The van der Waals surface area contributed by atoms with Gasteiger partial charge in [-0.3, -0.25) is 14.0 Å². The lowest BCUT2D eigenvalue weighted by atomic mass is 10.3. The molecule has 8 heteroatoms. The van der Waals surface area contributed by atoms with Gasteiger partial charge in [0.1, 0.15) is 0 Å². The Morgan fingerprint density at radius 2 is 1.81 bits per heavy atom. The fourth-order valence-corrected chi connectivity index (χ4v) is 3.19. The zero-order valence-electron chi connectivity index (χ0n) is 13.5. The molecule has 4 rings (SSSR count). The number of pyridine rings is 1. The lowest BCUT2D eigenvalue weighted by Crippen LogP contribution is -2.26. The molecular weight excluding hydrogens is 375 g/mol. The number of benzene rings is 1. The van der Waals surface area contributed by atoms with Crippen LogP contribution >= 0.6 is 23.2 Å². The van der Waals surface area contributed by atoms with Gasteiger partial charge in [-0.05, 0) is 43.2 Å². The first-order chi connectivity index (χ1) is 12.5. The molecule has 0 radical (unpaired) electrons. The molecule has 0 atom stereocenters. The number of carbonyl (C=O) groups is 2. The summed E-state index contributed by atoms with van der Waals surface area (Å²) in [6.45, 7) is 0. The normalized spacial score (nSPS) is 13.6. The highest BCUT2D eigenvalue weighted by Gasteiger charge is 2.27. The van der Waals surface area contributed by atoms with E-state index in [-0.39, 0.29) is 23.5 Å². The van der Waals surface area contributed by atoms with E-state index in [1.54, 1.807) is 47.0 Å². The van der Waals surface area contributed by atoms with Crippen molar-refractivity contribution in [2.24, 2.45) is 0 Å². The van der Waals surface area contributed by atoms with Gasteiger partial charge in [-0.2, -0.15) is 0 Å². The van der Waals surface area contributed by atoms with Gasteiger partial charge in [0, 0.05) is 28.0 Å². The number of hydrogen-bond donors (Lipinski definition) is 2. The van der Waals surface area contributed by atoms with Crippen molar-refractivity contribution in [2.75, 3.05) is 5.32 Å². The smallest absolute Gasteiger partial charge is 0.292 e. The highest BCUT2D eigenvalue weighted by atomic mass is 35.5. The molecule has 1 aromatic carbocycles. The van der Waals surface area contributed by atoms with Gasteiger partial charge in [0.2, 0.25) is 5.82 Å². The minimum absolute atomic E-state index is 0.109. The Labute approximate surface area is 159 Å². The molecule has 2 heterocycles. The van der Waals surface area contributed by atoms with E-state index in [1.165, 1.54) is 0 Å². The topological polar surface area (TPSA) is 75.5 Å². The van der Waals surface area contributed by atoms with Gasteiger partial charge in [-0.15, -0.1) is 0 Å². The van der Waals surface area contributed by atoms with Gasteiger partial charge >= 0.3 is 0 Å². The maximum absolute atomic E-state index is 12.7. The van der Waals surface area contributed by atoms with Crippen molar-refractivity contribution in [1.29, 1.82) is 0 Å². The Balaban J connectivity index is 1.69. The van der Waals surface area contributed by atoms with Gasteiger partial charge in [-0.25, -0.2) is 4.98 Å². The van der Waals surface area contributed by atoms with Crippen LogP contribution < -0.4 is 10.6 Å². The summed E-state index contributed by atoms with van der Waals surface area (Å²) in [5.41, 5.74) is 1.25. The maximum Gasteiger partial charge on any atom is 0.292 e. The quantitative estimate of drug-likeness (QED) is 0.713. The number of hydrogen-bond acceptors (Lipinski definition) is 3. The molecule has 1 fully saturated rings. The largest absolute Gasteiger partial charge is 0.348 e. The summed E-state index contributed by atoms with van der Waals surface area (Å²) in [6, 6.07) is 10.3. The van der Waals surface area contributed by atoms with Crippen LogP contribution in [0.2, 0.25) is 10.0 Å². The number of carbonyl (C=O) groups excluding carboxylic acids is 2. The first-order valence-electron chi connectivity index (χ1n) is 8.06. The second-order valence-corrected chi connectivity index (χ2v) is 6.97. The molecule has 1 aliphatic rings. The van der Waals surface area contributed by atoms with Crippen LogP contribution in [0.3, 0.4) is 0 Å². The lowest BCUT2D eigenvalue weighted by Gasteiger charge is -2.05. The van der Waals surface area contributed by atoms with Crippen LogP contribution in [0.5, 0.6) is 0 Å². The van der Waals surface area contributed by atoms with E-state index in [9.17, 15) is 9.59 Å². The molecule has 132 valence electrons. The number of amides is 2. The number of halogens is 2. The summed E-state index contributed by atoms with van der Waals surface area (Å²) < 4.78 is 1.59. The van der Waals surface area contributed by atoms with Crippen LogP contribution in [-0.4, -0.2) is 27.2 Å². The van der Waals surface area contributed by atoms with Gasteiger partial charge < -0.3 is 10.6 Å². The van der Waals surface area contributed by atoms with E-state index >= 15 is 0 Å². The van der Waals surface area contributed by atoms with Crippen LogP contribution in [0.25, 0.3) is 5.52 Å². The zero-order valence-corrected chi connectivity index (χ0v) is 15.0. The Morgan fingerprint density at radius 3 is 2.50 bits per heavy atom. The number of nitrogens with one attached hydrogen (secondary N) is 2. The van der Waals surface area contributed by atoms with Crippen molar-refractivity contribution in [1.82, 2.24) is 14.7 Å². The van der Waals surface area contributed by atoms with Crippen molar-refractivity contribution in [3.8, 4) is 0 Å². The van der Waals surface area contributed by atoms with E-state index in [1.807, 2.05) is 0 Å². The zero-order chi connectivity index (χ0) is 18.3. The van der Waals surface area contributed by atoms with E-state index in [4.69, 9.17) is 23.2 Å². The first kappa shape index (κ1) is 16.9. The molecule has 2 N–H and O–H groups in total. The Kier molecular flexibility index (Phi) is 4.30. The first-order valence-corrected chi connectivity index (χ1v) is 8.82. The molecule has 0 bridgehead atoms. The van der Waals surface area contributed by atoms with Crippen molar-refractivity contribution in [2.45, 2.75) is 18.9 Å². The Morgan fingerprint density at radius 1 is 1.08 bits per heavy atom. The highest BCUT2D eigenvalue weighted by molar-refractivity contribution is 6.35. The highest BCUT2D eigenvalue weighted by Crippen LogP contribution is 2.24. The predicted octanol–water partition coefficient (Wildman–Crippen LogP) is 3.79. The maximum atomic E-state index is 12.7. The molecule has 0 saturated heterocycles. The van der Waals surface area contributed by atoms with Gasteiger partial charge in [0.25, 0.3) is 11.8 Å². The van der Waals surface area contributed by atoms with Gasteiger partial charge in [0.15, 0.2) is 5.69 Å². The molecule has 26 heavy (non-hydrogen) atoms. The van der Waals surface area contributed by atoms with Crippen LogP contribution in [0.15, 0.2) is 42.6 Å². The average Bonchev–Trinajstić information content (AvgIpc) is 3.31. The standard InChI is InChI=1S/C18H14Cl2N4O2/c19-10-7-11(20)9-13(8-10)22-18(26)16-23-15(17(25)21-12-4-5-12)14-3-1-2-6-24(14)16/h1-3,6-9,12H,4-5H2,(H,21,25)(H,22,26). The van der Waals surface area contributed by atoms with E-state index in [0.717, 1.165) is 12.8 Å². The molecule has 0 spiro atoms. The monoisotopic (exact) mass is 388 g/mol. The predicted molar refractivity (Wildman–Crippen MR) is 100 cm³/mol. The molecule has 6 nitrogen and oxygen atoms in total. The summed E-state index contributed by atoms with van der Waals surface area (Å²) in [5.74, 6) is -0.631. The van der Waals surface area contributed by atoms with Crippen LogP contribution in [0.4, 0.5) is 5.69 Å². The van der Waals surface area contributed by atoms with E-state index in [2.05, 4.69) is 15.6 Å². The average molecular weight is 389 g/mol. The van der Waals surface area contributed by atoms with Crippen molar-refractivity contribution >= 4 is 46.2 Å². The minimum atomic E-state index is -0.463. The SMILES string of the molecule is O=C(NC1CC1)c1nc(C(=O)Nc2cc(Cl)cc(Cl)c2)n2ccccc12. The molecule has 2 amide bonds. The van der Waals surface area contributed by atoms with Crippen molar-refractivity contribution in [3.63, 3.8) is 0 Å². The molecular formula is C18H14Cl2N4O2. The molecule has 0 aliphatic heterocycles. The third-order valence-corrected chi connectivity index (χ3v) is 4.44. The summed E-state index contributed by atoms with van der Waals surface area (Å²) in [7, 11) is 0. The van der Waals surface area contributed by atoms with Crippen molar-refractivity contribution < 1.29 is 9.59 Å². The summed E-state index contributed by atoms with van der Waals surface area (Å²) in [4.78, 5) is 29.4. The summed E-state index contributed by atoms with van der Waals surface area (Å²) in [6.07, 6.45) is 3.64. The minimum Gasteiger partial charge on any atom is -0.348 e. The Bertz CT molecular complexity index is 1010. The van der Waals surface area contributed by atoms with E-state index in [0.29, 0.717) is 21.2 Å². The van der Waals surface area contributed by atoms with Gasteiger partial charge in [-0.1, -0.05) is 29.3 Å². The van der Waals surface area contributed by atoms with Crippen LogP contribution in [0, 0.1) is 0 Å². The number of fused-ring (bicyclic) bond motifs is 1. The van der Waals surface area contributed by atoms with Crippen LogP contribution in [0.1, 0.15) is 33.9 Å². The third-order valence-electron chi connectivity index (χ3n) is 4.00. The second kappa shape index (κ2) is 6.63. The number of aromatic nitrogens is 2. The van der Waals surface area contributed by atoms with Crippen LogP contribution in [-0.2, 0) is 0 Å². The van der Waals surface area contributed by atoms with E-state index < -0.39 is 5.91 Å². The molecule has 2 aromatic heterocycles. The fraction of sp³-hybridized carbons (Fsp3) is 0.167. The second-order valence-electron chi connectivity index (χ2n) is 6.10. The number of imidazole rings is 1. The molecule has 0 unspecified atom stereocenters.